The topological polar surface area (TPSA) is 47.6 Å². The number of carbonyl (C=O) groups is 1. The molecule has 0 saturated carbocycles. The Kier molecular flexibility index (Phi) is 6.41. The molecule has 138 valence electrons. The number of nitrogens with one attached hydrogen (secondary N) is 1. The molecule has 0 spiro atoms. The minimum absolute atomic E-state index is 0.0919. The summed E-state index contributed by atoms with van der Waals surface area (Å²) in [5, 5.41) is 2.73. The van der Waals surface area contributed by atoms with Crippen molar-refractivity contribution < 1.29 is 18.7 Å². The van der Waals surface area contributed by atoms with E-state index in [0.29, 0.717) is 18.9 Å². The predicted molar refractivity (Wildman–Crippen MR) is 101 cm³/mol. The molecule has 3 aromatic carbocycles. The van der Waals surface area contributed by atoms with Crippen LogP contribution in [0.1, 0.15) is 11.1 Å². The van der Waals surface area contributed by atoms with E-state index in [1.807, 2.05) is 30.3 Å². The molecule has 0 aliphatic carbocycles. The third-order valence-corrected chi connectivity index (χ3v) is 3.84. The summed E-state index contributed by atoms with van der Waals surface area (Å²) >= 11 is 0. The molecule has 0 atom stereocenters. The van der Waals surface area contributed by atoms with E-state index in [-0.39, 0.29) is 18.3 Å². The maximum absolute atomic E-state index is 12.8. The van der Waals surface area contributed by atoms with Crippen LogP contribution < -0.4 is 14.8 Å². The van der Waals surface area contributed by atoms with E-state index < -0.39 is 0 Å². The van der Waals surface area contributed by atoms with E-state index in [0.717, 1.165) is 16.9 Å². The summed E-state index contributed by atoms with van der Waals surface area (Å²) in [5.74, 6) is 0.763. The zero-order valence-corrected chi connectivity index (χ0v) is 14.7. The van der Waals surface area contributed by atoms with Crippen LogP contribution in [0.4, 0.5) is 4.39 Å². The van der Waals surface area contributed by atoms with Crippen LogP contribution in [0.3, 0.4) is 0 Å². The van der Waals surface area contributed by atoms with E-state index in [9.17, 15) is 9.18 Å². The first-order chi connectivity index (χ1) is 13.2. The van der Waals surface area contributed by atoms with Crippen LogP contribution in [0.2, 0.25) is 0 Å². The van der Waals surface area contributed by atoms with Gasteiger partial charge in [-0.05, 0) is 47.5 Å². The Morgan fingerprint density at radius 2 is 1.41 bits per heavy atom. The molecule has 0 unspecified atom stereocenters. The fourth-order valence-corrected chi connectivity index (χ4v) is 2.38. The number of rotatable bonds is 8. The molecule has 0 saturated heterocycles. The summed E-state index contributed by atoms with van der Waals surface area (Å²) in [6, 6.07) is 23.0. The van der Waals surface area contributed by atoms with Crippen molar-refractivity contribution in [3.63, 3.8) is 0 Å². The van der Waals surface area contributed by atoms with Crippen LogP contribution in [0.25, 0.3) is 0 Å². The summed E-state index contributed by atoms with van der Waals surface area (Å²) < 4.78 is 24.0. The number of hydrogen-bond donors (Lipinski definition) is 1. The Labute approximate surface area is 157 Å². The first-order valence-electron chi connectivity index (χ1n) is 8.60. The molecule has 5 heteroatoms. The lowest BCUT2D eigenvalue weighted by Crippen LogP contribution is -2.28. The lowest BCUT2D eigenvalue weighted by molar-refractivity contribution is -0.123. The Balaban J connectivity index is 1.40. The molecule has 0 radical (unpaired) electrons. The summed E-state index contributed by atoms with van der Waals surface area (Å²) in [7, 11) is 0. The number of halogens is 1. The van der Waals surface area contributed by atoms with Gasteiger partial charge in [0.2, 0.25) is 0 Å². The van der Waals surface area contributed by atoms with Crippen LogP contribution in [0.15, 0.2) is 78.9 Å². The fraction of sp³-hybridized carbons (Fsp3) is 0.136. The van der Waals surface area contributed by atoms with Crippen molar-refractivity contribution >= 4 is 5.91 Å². The molecule has 0 fully saturated rings. The smallest absolute Gasteiger partial charge is 0.258 e. The molecule has 3 aromatic rings. The van der Waals surface area contributed by atoms with E-state index >= 15 is 0 Å². The standard InChI is InChI=1S/C22H20FNO3/c23-19-8-6-17(7-9-19)14-24-22(25)16-27-21-12-10-20(11-13-21)26-15-18-4-2-1-3-5-18/h1-13H,14-16H2,(H,24,25). The van der Waals surface area contributed by atoms with Crippen molar-refractivity contribution in [1.29, 1.82) is 0 Å². The van der Waals surface area contributed by atoms with E-state index in [2.05, 4.69) is 5.32 Å². The maximum atomic E-state index is 12.8. The zero-order chi connectivity index (χ0) is 18.9. The van der Waals surface area contributed by atoms with Crippen molar-refractivity contribution in [3.8, 4) is 11.5 Å². The molecule has 27 heavy (non-hydrogen) atoms. The highest BCUT2D eigenvalue weighted by atomic mass is 19.1. The van der Waals surface area contributed by atoms with Crippen LogP contribution in [0.5, 0.6) is 11.5 Å². The monoisotopic (exact) mass is 365 g/mol. The van der Waals surface area contributed by atoms with Crippen LogP contribution in [-0.2, 0) is 17.9 Å². The van der Waals surface area contributed by atoms with Gasteiger partial charge in [0.05, 0.1) is 0 Å². The largest absolute Gasteiger partial charge is 0.489 e. The number of hydrogen-bond acceptors (Lipinski definition) is 3. The van der Waals surface area contributed by atoms with Crippen LogP contribution in [0, 0.1) is 5.82 Å². The third kappa shape index (κ3) is 6.15. The number of amides is 1. The molecular formula is C22H20FNO3. The normalized spacial score (nSPS) is 10.3. The summed E-state index contributed by atoms with van der Waals surface area (Å²) in [5.41, 5.74) is 1.92. The average Bonchev–Trinajstić information content (AvgIpc) is 2.72. The molecule has 1 N–H and O–H groups in total. The molecule has 0 bridgehead atoms. The Morgan fingerprint density at radius 1 is 0.778 bits per heavy atom. The summed E-state index contributed by atoms with van der Waals surface area (Å²) in [4.78, 5) is 11.8. The quantitative estimate of drug-likeness (QED) is 0.654. The van der Waals surface area contributed by atoms with Crippen molar-refractivity contribution in [3.05, 3.63) is 95.8 Å². The van der Waals surface area contributed by atoms with E-state index in [4.69, 9.17) is 9.47 Å². The lowest BCUT2D eigenvalue weighted by atomic mass is 10.2. The molecule has 3 rings (SSSR count). The molecule has 0 heterocycles. The SMILES string of the molecule is O=C(COc1ccc(OCc2ccccc2)cc1)NCc1ccc(F)cc1. The Morgan fingerprint density at radius 3 is 2.07 bits per heavy atom. The zero-order valence-electron chi connectivity index (χ0n) is 14.7. The van der Waals surface area contributed by atoms with Gasteiger partial charge in [0.25, 0.3) is 5.91 Å². The Hall–Kier alpha value is -3.34. The van der Waals surface area contributed by atoms with Crippen molar-refractivity contribution in [2.75, 3.05) is 6.61 Å². The molecule has 0 aliphatic heterocycles. The highest BCUT2D eigenvalue weighted by molar-refractivity contribution is 5.77. The molecule has 4 nitrogen and oxygen atoms in total. The molecule has 1 amide bonds. The van der Waals surface area contributed by atoms with Gasteiger partial charge < -0.3 is 14.8 Å². The van der Waals surface area contributed by atoms with Gasteiger partial charge in [-0.1, -0.05) is 42.5 Å². The average molecular weight is 365 g/mol. The van der Waals surface area contributed by atoms with Crippen LogP contribution in [-0.4, -0.2) is 12.5 Å². The van der Waals surface area contributed by atoms with Gasteiger partial charge in [0.15, 0.2) is 6.61 Å². The van der Waals surface area contributed by atoms with Gasteiger partial charge in [0, 0.05) is 6.54 Å². The van der Waals surface area contributed by atoms with E-state index in [1.54, 1.807) is 36.4 Å². The van der Waals surface area contributed by atoms with Crippen molar-refractivity contribution in [2.45, 2.75) is 13.2 Å². The second-order valence-corrected chi connectivity index (χ2v) is 5.94. The van der Waals surface area contributed by atoms with Crippen molar-refractivity contribution in [2.24, 2.45) is 0 Å². The minimum Gasteiger partial charge on any atom is -0.489 e. The van der Waals surface area contributed by atoms with Gasteiger partial charge in [-0.25, -0.2) is 4.39 Å². The minimum atomic E-state index is -0.301. The van der Waals surface area contributed by atoms with Crippen molar-refractivity contribution in [1.82, 2.24) is 5.32 Å². The summed E-state index contributed by atoms with van der Waals surface area (Å²) in [6.07, 6.45) is 0. The van der Waals surface area contributed by atoms with Gasteiger partial charge in [-0.3, -0.25) is 4.79 Å². The predicted octanol–water partition coefficient (Wildman–Crippen LogP) is 4.10. The Bertz CT molecular complexity index is 849. The second-order valence-electron chi connectivity index (χ2n) is 5.94. The number of ether oxygens (including phenoxy) is 2. The molecule has 0 aliphatic rings. The lowest BCUT2D eigenvalue weighted by Gasteiger charge is -2.09. The highest BCUT2D eigenvalue weighted by Crippen LogP contribution is 2.18. The molecular weight excluding hydrogens is 345 g/mol. The number of benzene rings is 3. The summed E-state index contributed by atoms with van der Waals surface area (Å²) in [6.45, 7) is 0.729. The third-order valence-electron chi connectivity index (χ3n) is 3.84. The van der Waals surface area contributed by atoms with Gasteiger partial charge >= 0.3 is 0 Å². The van der Waals surface area contributed by atoms with Gasteiger partial charge in [-0.2, -0.15) is 0 Å². The van der Waals surface area contributed by atoms with Gasteiger partial charge in [-0.15, -0.1) is 0 Å². The maximum Gasteiger partial charge on any atom is 0.258 e. The number of carbonyl (C=O) groups excluding carboxylic acids is 1. The molecule has 0 aromatic heterocycles. The van der Waals surface area contributed by atoms with Crippen LogP contribution >= 0.6 is 0 Å². The first kappa shape index (κ1) is 18.5. The van der Waals surface area contributed by atoms with E-state index in [1.165, 1.54) is 12.1 Å². The highest BCUT2D eigenvalue weighted by Gasteiger charge is 2.04. The second kappa shape index (κ2) is 9.38. The first-order valence-corrected chi connectivity index (χ1v) is 8.60. The fourth-order valence-electron chi connectivity index (χ4n) is 2.38. The van der Waals surface area contributed by atoms with Gasteiger partial charge in [0.1, 0.15) is 23.9 Å².